The van der Waals surface area contributed by atoms with Crippen molar-refractivity contribution in [2.24, 2.45) is 0 Å². The van der Waals surface area contributed by atoms with Crippen LogP contribution < -0.4 is 15.4 Å². The topological polar surface area (TPSA) is 68.2 Å². The number of rotatable bonds is 6. The summed E-state index contributed by atoms with van der Waals surface area (Å²) < 4.78 is 47.5. The molecule has 0 aliphatic carbocycles. The fraction of sp³-hybridized carbons (Fsp3) is 0.304. The molecule has 2 N–H and O–H groups in total. The molecule has 168 valence electrons. The van der Waals surface area contributed by atoms with E-state index in [1.54, 1.807) is 24.3 Å². The number of amides is 1. The second-order valence-corrected chi connectivity index (χ2v) is 7.61. The summed E-state index contributed by atoms with van der Waals surface area (Å²) in [6.07, 6.45) is -2.94. The number of carbonyl (C=O) groups is 1. The van der Waals surface area contributed by atoms with Gasteiger partial charge in [0.1, 0.15) is 17.1 Å². The number of fused-ring (bicyclic) bond motifs is 1. The first-order chi connectivity index (χ1) is 15.4. The van der Waals surface area contributed by atoms with Crippen LogP contribution in [0, 0.1) is 0 Å². The molecule has 0 radical (unpaired) electrons. The molecule has 32 heavy (non-hydrogen) atoms. The fourth-order valence-electron chi connectivity index (χ4n) is 3.84. The van der Waals surface area contributed by atoms with Crippen molar-refractivity contribution in [3.63, 3.8) is 0 Å². The predicted molar refractivity (Wildman–Crippen MR) is 114 cm³/mol. The Morgan fingerprint density at radius 1 is 1.19 bits per heavy atom. The molecule has 0 bridgehead atoms. The third-order valence-electron chi connectivity index (χ3n) is 5.54. The van der Waals surface area contributed by atoms with Crippen molar-refractivity contribution in [1.29, 1.82) is 0 Å². The summed E-state index contributed by atoms with van der Waals surface area (Å²) in [4.78, 5) is 12.7. The molecule has 2 aromatic carbocycles. The number of halogens is 3. The lowest BCUT2D eigenvalue weighted by molar-refractivity contribution is -0.173. The maximum Gasteiger partial charge on any atom is 0.410 e. The van der Waals surface area contributed by atoms with Gasteiger partial charge in [0.05, 0.1) is 19.3 Å². The van der Waals surface area contributed by atoms with Crippen LogP contribution >= 0.6 is 0 Å². The molecule has 2 unspecified atom stereocenters. The SMILES string of the molecule is COc1ccc(C2CC(C(F)(F)F)n3ncc(C(=O)NCCc4ccccc4)c3N2)cc1. The number of anilines is 1. The van der Waals surface area contributed by atoms with Gasteiger partial charge in [-0.2, -0.15) is 18.3 Å². The average Bonchev–Trinajstić information content (AvgIpc) is 3.22. The Morgan fingerprint density at radius 3 is 2.56 bits per heavy atom. The summed E-state index contributed by atoms with van der Waals surface area (Å²) in [5.41, 5.74) is 1.81. The van der Waals surface area contributed by atoms with Crippen LogP contribution in [0.4, 0.5) is 19.0 Å². The van der Waals surface area contributed by atoms with Gasteiger partial charge in [-0.25, -0.2) is 4.68 Å². The van der Waals surface area contributed by atoms with E-state index < -0.39 is 24.2 Å². The Balaban J connectivity index is 1.55. The van der Waals surface area contributed by atoms with Crippen LogP contribution in [0.5, 0.6) is 5.75 Å². The molecule has 6 nitrogen and oxygen atoms in total. The van der Waals surface area contributed by atoms with Gasteiger partial charge in [-0.3, -0.25) is 4.79 Å². The van der Waals surface area contributed by atoms with E-state index in [9.17, 15) is 18.0 Å². The van der Waals surface area contributed by atoms with Gasteiger partial charge < -0.3 is 15.4 Å². The Labute approximate surface area is 183 Å². The van der Waals surface area contributed by atoms with Crippen molar-refractivity contribution in [2.45, 2.75) is 31.1 Å². The smallest absolute Gasteiger partial charge is 0.410 e. The van der Waals surface area contributed by atoms with Gasteiger partial charge in [-0.1, -0.05) is 42.5 Å². The van der Waals surface area contributed by atoms with E-state index in [1.165, 1.54) is 13.3 Å². The minimum Gasteiger partial charge on any atom is -0.497 e. The zero-order chi connectivity index (χ0) is 22.7. The van der Waals surface area contributed by atoms with E-state index >= 15 is 0 Å². The lowest BCUT2D eigenvalue weighted by atomic mass is 9.96. The molecule has 1 amide bonds. The zero-order valence-corrected chi connectivity index (χ0v) is 17.4. The van der Waals surface area contributed by atoms with Crippen molar-refractivity contribution in [3.8, 4) is 5.75 Å². The van der Waals surface area contributed by atoms with Gasteiger partial charge in [0.15, 0.2) is 6.04 Å². The van der Waals surface area contributed by atoms with Crippen LogP contribution in [-0.2, 0) is 6.42 Å². The fourth-order valence-corrected chi connectivity index (χ4v) is 3.84. The lowest BCUT2D eigenvalue weighted by Gasteiger charge is -2.34. The van der Waals surface area contributed by atoms with Gasteiger partial charge in [0.2, 0.25) is 0 Å². The second-order valence-electron chi connectivity index (χ2n) is 7.61. The molecule has 0 fully saturated rings. The third kappa shape index (κ3) is 4.56. The quantitative estimate of drug-likeness (QED) is 0.587. The molecular formula is C23H23F3N4O2. The molecule has 1 aliphatic rings. The molecule has 2 heterocycles. The van der Waals surface area contributed by atoms with Crippen LogP contribution in [0.15, 0.2) is 60.8 Å². The lowest BCUT2D eigenvalue weighted by Crippen LogP contribution is -2.36. The molecule has 1 aromatic heterocycles. The maximum atomic E-state index is 13.8. The molecule has 3 aromatic rings. The van der Waals surface area contributed by atoms with Crippen LogP contribution in [0.25, 0.3) is 0 Å². The number of benzene rings is 2. The van der Waals surface area contributed by atoms with Gasteiger partial charge >= 0.3 is 6.18 Å². The normalized spacial score (nSPS) is 17.9. The van der Waals surface area contributed by atoms with Gasteiger partial charge in [-0.15, -0.1) is 0 Å². The summed E-state index contributed by atoms with van der Waals surface area (Å²) in [6.45, 7) is 0.359. The first-order valence-electron chi connectivity index (χ1n) is 10.2. The Kier molecular flexibility index (Phi) is 6.07. The van der Waals surface area contributed by atoms with E-state index in [4.69, 9.17) is 4.74 Å². The number of alkyl halides is 3. The Morgan fingerprint density at radius 2 is 1.91 bits per heavy atom. The van der Waals surface area contributed by atoms with Crippen molar-refractivity contribution >= 4 is 11.7 Å². The number of methoxy groups -OCH3 is 1. The van der Waals surface area contributed by atoms with Crippen LogP contribution in [0.2, 0.25) is 0 Å². The summed E-state index contributed by atoms with van der Waals surface area (Å²) in [5.74, 6) is 0.211. The average molecular weight is 444 g/mol. The van der Waals surface area contributed by atoms with Crippen LogP contribution in [0.3, 0.4) is 0 Å². The molecule has 0 saturated carbocycles. The standard InChI is InChI=1S/C23H23F3N4O2/c1-32-17-9-7-16(8-10-17)19-13-20(23(24,25)26)30-21(29-19)18(14-28-30)22(31)27-12-11-15-5-3-2-4-6-15/h2-10,14,19-20,29H,11-13H2,1H3,(H,27,31). The summed E-state index contributed by atoms with van der Waals surface area (Å²) in [6, 6.07) is 14.0. The molecule has 1 aliphatic heterocycles. The number of aromatic nitrogens is 2. The molecule has 0 saturated heterocycles. The van der Waals surface area contributed by atoms with Gasteiger partial charge in [0.25, 0.3) is 5.91 Å². The third-order valence-corrected chi connectivity index (χ3v) is 5.54. The first kappa shape index (κ1) is 21.7. The molecule has 2 atom stereocenters. The van der Waals surface area contributed by atoms with Crippen molar-refractivity contribution < 1.29 is 22.7 Å². The highest BCUT2D eigenvalue weighted by Crippen LogP contribution is 2.44. The summed E-state index contributed by atoms with van der Waals surface area (Å²) in [7, 11) is 1.52. The highest BCUT2D eigenvalue weighted by atomic mass is 19.4. The van der Waals surface area contributed by atoms with Gasteiger partial charge in [0, 0.05) is 13.0 Å². The van der Waals surface area contributed by atoms with Gasteiger partial charge in [-0.05, 0) is 29.7 Å². The summed E-state index contributed by atoms with van der Waals surface area (Å²) >= 11 is 0. The van der Waals surface area contributed by atoms with Crippen molar-refractivity contribution in [1.82, 2.24) is 15.1 Å². The number of ether oxygens (including phenoxy) is 1. The van der Waals surface area contributed by atoms with Crippen LogP contribution in [0.1, 0.15) is 40.0 Å². The Bertz CT molecular complexity index is 1070. The minimum absolute atomic E-state index is 0.0663. The molecule has 0 spiro atoms. The van der Waals surface area contributed by atoms with E-state index in [0.29, 0.717) is 24.3 Å². The largest absolute Gasteiger partial charge is 0.497 e. The molecular weight excluding hydrogens is 421 g/mol. The highest BCUT2D eigenvalue weighted by molar-refractivity contribution is 5.98. The second kappa shape index (κ2) is 8.94. The van der Waals surface area contributed by atoms with Crippen molar-refractivity contribution in [2.75, 3.05) is 19.0 Å². The number of nitrogens with one attached hydrogen (secondary N) is 2. The highest BCUT2D eigenvalue weighted by Gasteiger charge is 2.47. The minimum atomic E-state index is -4.51. The monoisotopic (exact) mass is 444 g/mol. The first-order valence-corrected chi connectivity index (χ1v) is 10.2. The van der Waals surface area contributed by atoms with E-state index in [2.05, 4.69) is 15.7 Å². The molecule has 4 rings (SSSR count). The number of carbonyl (C=O) groups excluding carboxylic acids is 1. The van der Waals surface area contributed by atoms with E-state index in [1.807, 2.05) is 30.3 Å². The molecule has 9 heteroatoms. The number of hydrogen-bond acceptors (Lipinski definition) is 4. The van der Waals surface area contributed by atoms with E-state index in [-0.39, 0.29) is 17.8 Å². The summed E-state index contributed by atoms with van der Waals surface area (Å²) in [5, 5.41) is 9.77. The number of hydrogen-bond donors (Lipinski definition) is 2. The van der Waals surface area contributed by atoms with E-state index in [0.717, 1.165) is 10.2 Å². The zero-order valence-electron chi connectivity index (χ0n) is 17.4. The Hall–Kier alpha value is -3.49. The maximum absolute atomic E-state index is 13.8. The van der Waals surface area contributed by atoms with Crippen LogP contribution in [-0.4, -0.2) is 35.5 Å². The van der Waals surface area contributed by atoms with Crippen molar-refractivity contribution in [3.05, 3.63) is 77.5 Å². The predicted octanol–water partition coefficient (Wildman–Crippen LogP) is 4.52. The number of nitrogens with zero attached hydrogens (tertiary/aromatic N) is 2.